The van der Waals surface area contributed by atoms with Gasteiger partial charge in [0.15, 0.2) is 0 Å². The maximum absolute atomic E-state index is 12.1. The summed E-state index contributed by atoms with van der Waals surface area (Å²) in [5, 5.41) is 4.44. The quantitative estimate of drug-likeness (QED) is 0.447. The minimum Gasteiger partial charge on any atom is -0.354 e. The van der Waals surface area contributed by atoms with Gasteiger partial charge >= 0.3 is 0 Å². The zero-order valence-corrected chi connectivity index (χ0v) is 17.7. The molecule has 30 heavy (non-hydrogen) atoms. The second kappa shape index (κ2) is 8.03. The molecule has 0 spiro atoms. The average molecular weight is 399 g/mol. The van der Waals surface area contributed by atoms with Gasteiger partial charge in [0.1, 0.15) is 5.82 Å². The van der Waals surface area contributed by atoms with Gasteiger partial charge in [0.05, 0.1) is 5.52 Å². The van der Waals surface area contributed by atoms with Crippen LogP contribution in [0, 0.1) is 0 Å². The van der Waals surface area contributed by atoms with E-state index in [0.717, 1.165) is 33.7 Å². The summed E-state index contributed by atoms with van der Waals surface area (Å²) in [6.45, 7) is 4.37. The third kappa shape index (κ3) is 4.06. The third-order valence-corrected chi connectivity index (χ3v) is 5.18. The smallest absolute Gasteiger partial charge is 0.253 e. The minimum absolute atomic E-state index is 0.000325. The van der Waals surface area contributed by atoms with Crippen LogP contribution < -0.4 is 5.32 Å². The number of amides is 1. The fourth-order valence-electron chi connectivity index (χ4n) is 3.42. The number of nitrogens with zero attached hydrogens (tertiary/aromatic N) is 2. The lowest BCUT2D eigenvalue weighted by Gasteiger charge is -2.10. The van der Waals surface area contributed by atoms with Crippen molar-refractivity contribution < 1.29 is 4.79 Å². The Labute approximate surface area is 176 Å². The fourth-order valence-corrected chi connectivity index (χ4v) is 3.42. The summed E-state index contributed by atoms with van der Waals surface area (Å²) in [5.41, 5.74) is 6.03. The number of H-pyrrole nitrogens is 1. The van der Waals surface area contributed by atoms with E-state index in [1.165, 1.54) is 5.56 Å². The number of aromatic nitrogens is 2. The van der Waals surface area contributed by atoms with Gasteiger partial charge in [-0.1, -0.05) is 38.1 Å². The summed E-state index contributed by atoms with van der Waals surface area (Å²) < 4.78 is 0. The third-order valence-electron chi connectivity index (χ3n) is 5.18. The first-order chi connectivity index (χ1) is 14.4. The van der Waals surface area contributed by atoms with Crippen LogP contribution in [0.5, 0.6) is 0 Å². The van der Waals surface area contributed by atoms with Crippen LogP contribution in [-0.2, 0) is 0 Å². The number of rotatable bonds is 5. The average Bonchev–Trinajstić information content (AvgIpc) is 3.17. The number of fused-ring (bicyclic) bond motifs is 1. The largest absolute Gasteiger partial charge is 0.354 e. The maximum atomic E-state index is 12.1. The van der Waals surface area contributed by atoms with Crippen LogP contribution in [0.3, 0.4) is 0 Å². The van der Waals surface area contributed by atoms with Crippen molar-refractivity contribution in [3.05, 3.63) is 78.0 Å². The summed E-state index contributed by atoms with van der Waals surface area (Å²) in [5.74, 6) is 1.27. The van der Waals surface area contributed by atoms with Gasteiger partial charge in [-0.05, 0) is 47.4 Å². The first-order valence-electron chi connectivity index (χ1n) is 10.1. The van der Waals surface area contributed by atoms with E-state index in [-0.39, 0.29) is 5.91 Å². The highest BCUT2D eigenvalue weighted by molar-refractivity contribution is 5.94. The van der Waals surface area contributed by atoms with E-state index in [2.05, 4.69) is 59.5 Å². The molecule has 0 radical (unpaired) electrons. The Bertz CT molecular complexity index is 1190. The Balaban J connectivity index is 1.58. The van der Waals surface area contributed by atoms with Crippen LogP contribution in [0.2, 0.25) is 0 Å². The van der Waals surface area contributed by atoms with Crippen molar-refractivity contribution in [3.8, 4) is 11.3 Å². The molecular weight excluding hydrogens is 372 g/mol. The zero-order chi connectivity index (χ0) is 21.3. The van der Waals surface area contributed by atoms with Gasteiger partial charge < -0.3 is 15.2 Å². The Kier molecular flexibility index (Phi) is 5.27. The van der Waals surface area contributed by atoms with Gasteiger partial charge in [-0.2, -0.15) is 0 Å². The minimum atomic E-state index is -0.000325. The van der Waals surface area contributed by atoms with Crippen molar-refractivity contribution >= 4 is 28.3 Å². The van der Waals surface area contributed by atoms with E-state index in [1.54, 1.807) is 19.0 Å². The molecule has 0 unspecified atom stereocenters. The number of aromatic amines is 1. The molecule has 0 saturated carbocycles. The van der Waals surface area contributed by atoms with Gasteiger partial charge in [-0.3, -0.25) is 4.79 Å². The van der Waals surface area contributed by atoms with Gasteiger partial charge in [0.25, 0.3) is 5.91 Å². The summed E-state index contributed by atoms with van der Waals surface area (Å²) in [4.78, 5) is 21.7. The molecule has 0 aliphatic rings. The van der Waals surface area contributed by atoms with E-state index in [9.17, 15) is 4.79 Å². The number of benzene rings is 2. The maximum Gasteiger partial charge on any atom is 0.253 e. The van der Waals surface area contributed by atoms with Crippen molar-refractivity contribution in [2.24, 2.45) is 0 Å². The highest BCUT2D eigenvalue weighted by Crippen LogP contribution is 2.27. The predicted octanol–water partition coefficient (Wildman–Crippen LogP) is 5.80. The first-order valence-corrected chi connectivity index (χ1v) is 10.1. The van der Waals surface area contributed by atoms with E-state index < -0.39 is 0 Å². The Hall–Kier alpha value is -3.60. The summed E-state index contributed by atoms with van der Waals surface area (Å²) in [7, 11) is 3.51. The van der Waals surface area contributed by atoms with Crippen molar-refractivity contribution in [2.75, 3.05) is 19.4 Å². The lowest BCUT2D eigenvalue weighted by molar-refractivity contribution is 0.0827. The van der Waals surface area contributed by atoms with Crippen LogP contribution in [0.4, 0.5) is 11.5 Å². The number of hydrogen-bond acceptors (Lipinski definition) is 3. The first kappa shape index (κ1) is 19.7. The molecule has 2 aromatic carbocycles. The molecule has 152 valence electrons. The molecule has 4 aromatic rings. The normalized spacial score (nSPS) is 11.1. The molecule has 2 N–H and O–H groups in total. The number of anilines is 2. The number of carbonyl (C=O) groups excluding carboxylic acids is 1. The summed E-state index contributed by atoms with van der Waals surface area (Å²) in [6, 6.07) is 20.2. The van der Waals surface area contributed by atoms with Crippen LogP contribution >= 0.6 is 0 Å². The zero-order valence-electron chi connectivity index (χ0n) is 17.7. The Morgan fingerprint density at radius 1 is 1.03 bits per heavy atom. The fraction of sp³-hybridized carbons (Fsp3) is 0.200. The highest BCUT2D eigenvalue weighted by Gasteiger charge is 2.10. The van der Waals surface area contributed by atoms with Crippen molar-refractivity contribution in [1.29, 1.82) is 0 Å². The standard InChI is InChI=1S/C25H26N4O/c1-16(2)19-6-5-7-21(12-19)27-24-14-23-20(15-26-24)13-22(28-23)17-8-10-18(11-9-17)25(30)29(3)4/h5-16,28H,1-4H3,(H,26,27). The predicted molar refractivity (Wildman–Crippen MR) is 123 cm³/mol. The lowest BCUT2D eigenvalue weighted by Crippen LogP contribution is -2.21. The van der Waals surface area contributed by atoms with Crippen LogP contribution in [0.1, 0.15) is 35.7 Å². The molecule has 2 heterocycles. The SMILES string of the molecule is CC(C)c1cccc(Nc2cc3[nH]c(-c4ccc(C(=O)N(C)C)cc4)cc3cn2)c1. The molecule has 0 bridgehead atoms. The summed E-state index contributed by atoms with van der Waals surface area (Å²) in [6.07, 6.45) is 1.87. The van der Waals surface area contributed by atoms with Crippen LogP contribution in [0.25, 0.3) is 22.2 Å². The van der Waals surface area contributed by atoms with Crippen molar-refractivity contribution in [1.82, 2.24) is 14.9 Å². The molecule has 4 rings (SSSR count). The van der Waals surface area contributed by atoms with E-state index in [1.807, 2.05) is 36.5 Å². The Morgan fingerprint density at radius 2 is 1.80 bits per heavy atom. The van der Waals surface area contributed by atoms with Gasteiger partial charge in [0, 0.05) is 48.7 Å². The molecule has 0 atom stereocenters. The lowest BCUT2D eigenvalue weighted by atomic mass is 10.0. The number of carbonyl (C=O) groups is 1. The second-order valence-electron chi connectivity index (χ2n) is 8.02. The van der Waals surface area contributed by atoms with Crippen molar-refractivity contribution in [3.63, 3.8) is 0 Å². The van der Waals surface area contributed by atoms with Gasteiger partial charge in [-0.15, -0.1) is 0 Å². The van der Waals surface area contributed by atoms with Gasteiger partial charge in [0.2, 0.25) is 0 Å². The molecular formula is C25H26N4O. The monoisotopic (exact) mass is 398 g/mol. The number of pyridine rings is 1. The van der Waals surface area contributed by atoms with Crippen molar-refractivity contribution in [2.45, 2.75) is 19.8 Å². The number of nitrogens with one attached hydrogen (secondary N) is 2. The number of hydrogen-bond donors (Lipinski definition) is 2. The van der Waals surface area contributed by atoms with Crippen LogP contribution in [-0.4, -0.2) is 34.9 Å². The highest BCUT2D eigenvalue weighted by atomic mass is 16.2. The van der Waals surface area contributed by atoms with E-state index >= 15 is 0 Å². The molecule has 2 aromatic heterocycles. The van der Waals surface area contributed by atoms with E-state index in [4.69, 9.17) is 0 Å². The van der Waals surface area contributed by atoms with Crippen LogP contribution in [0.15, 0.2) is 66.9 Å². The summed E-state index contributed by atoms with van der Waals surface area (Å²) >= 11 is 0. The molecule has 5 heteroatoms. The van der Waals surface area contributed by atoms with E-state index in [0.29, 0.717) is 11.5 Å². The second-order valence-corrected chi connectivity index (χ2v) is 8.02. The topological polar surface area (TPSA) is 61.0 Å². The molecule has 5 nitrogen and oxygen atoms in total. The molecule has 1 amide bonds. The Morgan fingerprint density at radius 3 is 2.50 bits per heavy atom. The molecule has 0 saturated heterocycles. The molecule has 0 aliphatic carbocycles. The molecule has 0 fully saturated rings. The van der Waals surface area contributed by atoms with Gasteiger partial charge in [-0.25, -0.2) is 4.98 Å². The molecule has 0 aliphatic heterocycles.